The van der Waals surface area contributed by atoms with E-state index in [0.717, 1.165) is 0 Å². The Bertz CT molecular complexity index is 593. The Kier molecular flexibility index (Phi) is 7.76. The minimum atomic E-state index is -1.70. The molecule has 13 heteroatoms. The van der Waals surface area contributed by atoms with E-state index in [1.165, 1.54) is 13.1 Å². The minimum Gasteiger partial charge on any atom is -0.394 e. The molecule has 3 aliphatic heterocycles. The lowest BCUT2D eigenvalue weighted by molar-refractivity contribution is -0.361. The van der Waals surface area contributed by atoms with Gasteiger partial charge in [-0.3, -0.25) is 4.99 Å². The van der Waals surface area contributed by atoms with E-state index in [-0.39, 0.29) is 0 Å². The number of nitrogens with zero attached hydrogens (tertiary/aromatic N) is 1. The molecule has 0 radical (unpaired) electrons. The normalized spacial score (nSPS) is 52.0. The second kappa shape index (κ2) is 9.77. The monoisotopic (exact) mass is 439 g/mol. The van der Waals surface area contributed by atoms with E-state index in [4.69, 9.17) is 18.9 Å². The first kappa shape index (κ1) is 23.8. The van der Waals surface area contributed by atoms with Crippen molar-refractivity contribution < 1.29 is 59.8 Å². The standard InChI is InChI=1S/C17H29NO12/c1-5-9(22)10(23)12(25)16(27-5)30-15-8(4-20)28-17(13(26)11(15)24)29-14-6(3-19)18-2-7(14)21/h2,5-17,19-26H,3-4H2,1H3/t5-,6?,7?,8-,9-,10+,11-,12-,13-,14?,15?,16-,17-/m1/s1. The number of aliphatic hydroxyl groups is 8. The summed E-state index contributed by atoms with van der Waals surface area (Å²) < 4.78 is 21.8. The molecule has 3 aliphatic rings. The second-order valence-corrected chi connectivity index (χ2v) is 7.63. The molecule has 30 heavy (non-hydrogen) atoms. The number of rotatable bonds is 6. The number of hydrogen-bond donors (Lipinski definition) is 8. The summed E-state index contributed by atoms with van der Waals surface area (Å²) in [6.45, 7) is 0.339. The molecule has 3 heterocycles. The van der Waals surface area contributed by atoms with Crippen molar-refractivity contribution in [2.45, 2.75) is 86.6 Å². The molecular weight excluding hydrogens is 410 g/mol. The third-order valence-electron chi connectivity index (χ3n) is 5.54. The van der Waals surface area contributed by atoms with Crippen LogP contribution in [0, 0.1) is 0 Å². The van der Waals surface area contributed by atoms with Gasteiger partial charge < -0.3 is 59.8 Å². The molecule has 0 aromatic rings. The van der Waals surface area contributed by atoms with Crippen molar-refractivity contribution in [1.29, 1.82) is 0 Å². The third-order valence-corrected chi connectivity index (χ3v) is 5.54. The molecule has 0 aliphatic carbocycles. The van der Waals surface area contributed by atoms with Crippen LogP contribution in [0.15, 0.2) is 4.99 Å². The first-order valence-electron chi connectivity index (χ1n) is 9.64. The fraction of sp³-hybridized carbons (Fsp3) is 0.941. The summed E-state index contributed by atoms with van der Waals surface area (Å²) in [5, 5.41) is 79.6. The van der Waals surface area contributed by atoms with E-state index >= 15 is 0 Å². The molecule has 0 amide bonds. The lowest BCUT2D eigenvalue weighted by atomic mass is 9.97. The molecule has 0 aromatic heterocycles. The van der Waals surface area contributed by atoms with Gasteiger partial charge in [0, 0.05) is 6.21 Å². The van der Waals surface area contributed by atoms with Gasteiger partial charge in [0.15, 0.2) is 12.6 Å². The van der Waals surface area contributed by atoms with Gasteiger partial charge in [-0.25, -0.2) is 0 Å². The molecule has 0 aromatic carbocycles. The topological polar surface area (TPSA) is 211 Å². The fourth-order valence-electron chi connectivity index (χ4n) is 3.69. The Morgan fingerprint density at radius 1 is 0.767 bits per heavy atom. The third kappa shape index (κ3) is 4.53. The first-order valence-corrected chi connectivity index (χ1v) is 9.64. The smallest absolute Gasteiger partial charge is 0.187 e. The molecule has 0 bridgehead atoms. The molecule has 174 valence electrons. The van der Waals surface area contributed by atoms with Gasteiger partial charge in [0.05, 0.1) is 19.3 Å². The van der Waals surface area contributed by atoms with Crippen LogP contribution in [0.5, 0.6) is 0 Å². The van der Waals surface area contributed by atoms with E-state index in [9.17, 15) is 40.9 Å². The predicted molar refractivity (Wildman–Crippen MR) is 95.2 cm³/mol. The van der Waals surface area contributed by atoms with Crippen molar-refractivity contribution in [3.63, 3.8) is 0 Å². The summed E-state index contributed by atoms with van der Waals surface area (Å²) in [6, 6.07) is -0.797. The summed E-state index contributed by atoms with van der Waals surface area (Å²) in [7, 11) is 0. The van der Waals surface area contributed by atoms with Crippen molar-refractivity contribution in [3.8, 4) is 0 Å². The van der Waals surface area contributed by atoms with E-state index in [0.29, 0.717) is 0 Å². The highest BCUT2D eigenvalue weighted by Crippen LogP contribution is 2.30. The molecular formula is C17H29NO12. The fourth-order valence-corrected chi connectivity index (χ4v) is 3.69. The van der Waals surface area contributed by atoms with Gasteiger partial charge in [-0.2, -0.15) is 0 Å². The summed E-state index contributed by atoms with van der Waals surface area (Å²) >= 11 is 0. The van der Waals surface area contributed by atoms with Crippen LogP contribution in [0.3, 0.4) is 0 Å². The number of hydrogen-bond acceptors (Lipinski definition) is 13. The number of aliphatic imine (C=N–C) groups is 1. The molecule has 4 unspecified atom stereocenters. The zero-order valence-electron chi connectivity index (χ0n) is 16.2. The molecule has 2 saturated heterocycles. The van der Waals surface area contributed by atoms with Gasteiger partial charge in [-0.05, 0) is 6.92 Å². The first-order chi connectivity index (χ1) is 14.2. The molecule has 3 rings (SSSR count). The van der Waals surface area contributed by atoms with Crippen LogP contribution < -0.4 is 0 Å². The zero-order chi connectivity index (χ0) is 22.2. The van der Waals surface area contributed by atoms with E-state index < -0.39 is 92.9 Å². The van der Waals surface area contributed by atoms with Gasteiger partial charge in [-0.1, -0.05) is 0 Å². The van der Waals surface area contributed by atoms with Gasteiger partial charge in [0.2, 0.25) is 0 Å². The zero-order valence-corrected chi connectivity index (χ0v) is 16.2. The highest BCUT2D eigenvalue weighted by Gasteiger charge is 2.51. The van der Waals surface area contributed by atoms with E-state index in [2.05, 4.69) is 4.99 Å². The molecule has 13 nitrogen and oxygen atoms in total. The van der Waals surface area contributed by atoms with Gasteiger partial charge in [0.1, 0.15) is 61.0 Å². The van der Waals surface area contributed by atoms with Crippen molar-refractivity contribution in [2.24, 2.45) is 4.99 Å². The van der Waals surface area contributed by atoms with Crippen LogP contribution in [0.4, 0.5) is 0 Å². The van der Waals surface area contributed by atoms with Crippen LogP contribution in [0.2, 0.25) is 0 Å². The number of aliphatic hydroxyl groups excluding tert-OH is 8. The molecule has 2 fully saturated rings. The summed E-state index contributed by atoms with van der Waals surface area (Å²) in [4.78, 5) is 3.87. The SMILES string of the molecule is C[C@H]1O[C@H](OC2[C@@H](CO)O[C@H](OC3C(O)C=NC3CO)[C@H](O)[C@H]2O)[C@H](O)[C@@H](O)[C@@H]1O. The summed E-state index contributed by atoms with van der Waals surface area (Å²) in [5.74, 6) is 0. The Labute approximate surface area is 171 Å². The van der Waals surface area contributed by atoms with Crippen molar-refractivity contribution >= 4 is 6.21 Å². The quantitative estimate of drug-likeness (QED) is 0.195. The maximum Gasteiger partial charge on any atom is 0.187 e. The largest absolute Gasteiger partial charge is 0.394 e. The second-order valence-electron chi connectivity index (χ2n) is 7.63. The maximum atomic E-state index is 10.5. The van der Waals surface area contributed by atoms with E-state index in [1.807, 2.05) is 0 Å². The molecule has 0 spiro atoms. The van der Waals surface area contributed by atoms with Crippen LogP contribution in [-0.4, -0.2) is 140 Å². The molecule has 8 N–H and O–H groups in total. The maximum absolute atomic E-state index is 10.5. The Morgan fingerprint density at radius 2 is 1.37 bits per heavy atom. The average molecular weight is 439 g/mol. The average Bonchev–Trinajstić information content (AvgIpc) is 3.09. The molecule has 0 saturated carbocycles. The van der Waals surface area contributed by atoms with Crippen molar-refractivity contribution in [1.82, 2.24) is 0 Å². The van der Waals surface area contributed by atoms with Crippen molar-refractivity contribution in [3.05, 3.63) is 0 Å². The van der Waals surface area contributed by atoms with Crippen LogP contribution >= 0.6 is 0 Å². The van der Waals surface area contributed by atoms with E-state index in [1.54, 1.807) is 0 Å². The lowest BCUT2D eigenvalue weighted by Gasteiger charge is -2.46. The Balaban J connectivity index is 1.68. The number of ether oxygens (including phenoxy) is 4. The van der Waals surface area contributed by atoms with Crippen LogP contribution in [0.1, 0.15) is 6.92 Å². The highest BCUT2D eigenvalue weighted by atomic mass is 16.7. The Morgan fingerprint density at radius 3 is 2.00 bits per heavy atom. The van der Waals surface area contributed by atoms with Gasteiger partial charge in [0.25, 0.3) is 0 Å². The Hall–Kier alpha value is -0.810. The van der Waals surface area contributed by atoms with Crippen LogP contribution in [0.25, 0.3) is 0 Å². The van der Waals surface area contributed by atoms with Crippen molar-refractivity contribution in [2.75, 3.05) is 13.2 Å². The summed E-state index contributed by atoms with van der Waals surface area (Å²) in [6.07, 6.45) is -15.5. The molecule has 13 atom stereocenters. The van der Waals surface area contributed by atoms with Gasteiger partial charge >= 0.3 is 0 Å². The highest BCUT2D eigenvalue weighted by molar-refractivity contribution is 5.67. The summed E-state index contributed by atoms with van der Waals surface area (Å²) in [5.41, 5.74) is 0. The minimum absolute atomic E-state index is 0.429. The predicted octanol–water partition coefficient (Wildman–Crippen LogP) is -5.17. The van der Waals surface area contributed by atoms with Crippen LogP contribution in [-0.2, 0) is 18.9 Å². The lowest BCUT2D eigenvalue weighted by Crippen LogP contribution is -2.64. The van der Waals surface area contributed by atoms with Gasteiger partial charge in [-0.15, -0.1) is 0 Å².